The van der Waals surface area contributed by atoms with Crippen molar-refractivity contribution in [3.05, 3.63) is 41.0 Å². The Kier molecular flexibility index (Phi) is 5.34. The van der Waals surface area contributed by atoms with Crippen LogP contribution in [0.25, 0.3) is 10.2 Å². The van der Waals surface area contributed by atoms with Crippen LogP contribution < -0.4 is 10.1 Å². The number of unbranched alkanes of at least 4 members (excludes halogenated alkanes) is 2. The molecule has 0 aliphatic heterocycles. The van der Waals surface area contributed by atoms with E-state index in [9.17, 15) is 0 Å². The smallest absolute Gasteiger partial charge is 0.142 e. The normalized spacial score (nSPS) is 13.6. The lowest BCUT2D eigenvalue weighted by Gasteiger charge is -2.13. The van der Waals surface area contributed by atoms with Gasteiger partial charge in [0.2, 0.25) is 0 Å². The summed E-state index contributed by atoms with van der Waals surface area (Å²) in [6, 6.07) is 8.16. The van der Waals surface area contributed by atoms with Gasteiger partial charge >= 0.3 is 0 Å². The predicted octanol–water partition coefficient (Wildman–Crippen LogP) is 5.88. The molecule has 0 bridgehead atoms. The molecule has 4 rings (SSSR count). The van der Waals surface area contributed by atoms with E-state index in [2.05, 4.69) is 34.3 Å². The van der Waals surface area contributed by atoms with Crippen molar-refractivity contribution < 1.29 is 4.74 Å². The molecule has 0 unspecified atom stereocenters. The topological polar surface area (TPSA) is 47.0 Å². The molecule has 0 radical (unpaired) electrons. The Bertz CT molecular complexity index is 873. The lowest BCUT2D eigenvalue weighted by molar-refractivity contribution is 0.306. The number of hydrogen-bond donors (Lipinski definition) is 1. The summed E-state index contributed by atoms with van der Waals surface area (Å²) in [5.41, 5.74) is 2.48. The first-order valence-electron chi connectivity index (χ1n) is 9.60. The predicted molar refractivity (Wildman–Crippen MR) is 109 cm³/mol. The number of hydrogen-bond acceptors (Lipinski definition) is 5. The Balaban J connectivity index is 1.51. The van der Waals surface area contributed by atoms with Gasteiger partial charge in [-0.1, -0.05) is 19.8 Å². The molecule has 4 nitrogen and oxygen atoms in total. The standard InChI is InChI=1S/C21H25N3OS/c1-2-3-6-13-25-16-11-9-15(10-12-16)24-20-19-17-7-4-5-8-18(17)26-21(19)23-14-22-20/h9-12,14H,2-8,13H2,1H3,(H,22,23,24). The van der Waals surface area contributed by atoms with Crippen LogP contribution in [-0.4, -0.2) is 16.6 Å². The van der Waals surface area contributed by atoms with Crippen molar-refractivity contribution in [2.45, 2.75) is 51.9 Å². The zero-order chi connectivity index (χ0) is 17.8. The van der Waals surface area contributed by atoms with Crippen LogP contribution in [0.3, 0.4) is 0 Å². The molecule has 0 atom stereocenters. The maximum atomic E-state index is 5.79. The Morgan fingerprint density at radius 3 is 2.77 bits per heavy atom. The second-order valence-electron chi connectivity index (χ2n) is 6.82. The third-order valence-electron chi connectivity index (χ3n) is 4.89. The van der Waals surface area contributed by atoms with Gasteiger partial charge in [-0.2, -0.15) is 0 Å². The molecule has 1 N–H and O–H groups in total. The van der Waals surface area contributed by atoms with Crippen molar-refractivity contribution in [2.24, 2.45) is 0 Å². The van der Waals surface area contributed by atoms with E-state index in [1.54, 1.807) is 6.33 Å². The molecule has 0 saturated heterocycles. The van der Waals surface area contributed by atoms with E-state index in [1.165, 1.54) is 47.9 Å². The van der Waals surface area contributed by atoms with Gasteiger partial charge in [0.15, 0.2) is 0 Å². The number of benzene rings is 1. The molecule has 0 amide bonds. The number of thiophene rings is 1. The molecule has 0 saturated carbocycles. The average molecular weight is 368 g/mol. The Morgan fingerprint density at radius 1 is 1.08 bits per heavy atom. The van der Waals surface area contributed by atoms with E-state index >= 15 is 0 Å². The molecule has 0 fully saturated rings. The van der Waals surface area contributed by atoms with Gasteiger partial charge in [0.25, 0.3) is 0 Å². The molecule has 26 heavy (non-hydrogen) atoms. The van der Waals surface area contributed by atoms with Gasteiger partial charge in [0, 0.05) is 10.6 Å². The van der Waals surface area contributed by atoms with Crippen LogP contribution in [0.15, 0.2) is 30.6 Å². The van der Waals surface area contributed by atoms with Crippen molar-refractivity contribution in [1.29, 1.82) is 0 Å². The minimum Gasteiger partial charge on any atom is -0.494 e. The van der Waals surface area contributed by atoms with E-state index in [0.717, 1.165) is 41.5 Å². The summed E-state index contributed by atoms with van der Waals surface area (Å²) in [7, 11) is 0. The maximum absolute atomic E-state index is 5.79. The molecule has 1 aromatic carbocycles. The fourth-order valence-corrected chi connectivity index (χ4v) is 4.73. The van der Waals surface area contributed by atoms with Gasteiger partial charge in [0.1, 0.15) is 22.7 Å². The van der Waals surface area contributed by atoms with Crippen LogP contribution in [0.2, 0.25) is 0 Å². The summed E-state index contributed by atoms with van der Waals surface area (Å²) in [6.45, 7) is 2.99. The molecular weight excluding hydrogens is 342 g/mol. The van der Waals surface area contributed by atoms with E-state index in [0.29, 0.717) is 0 Å². The average Bonchev–Trinajstić information content (AvgIpc) is 3.06. The van der Waals surface area contributed by atoms with Gasteiger partial charge in [-0.15, -0.1) is 11.3 Å². The van der Waals surface area contributed by atoms with Gasteiger partial charge < -0.3 is 10.1 Å². The first-order valence-corrected chi connectivity index (χ1v) is 10.4. The number of nitrogens with one attached hydrogen (secondary N) is 1. The van der Waals surface area contributed by atoms with Gasteiger partial charge in [-0.05, 0) is 61.9 Å². The van der Waals surface area contributed by atoms with Gasteiger partial charge in [-0.3, -0.25) is 0 Å². The first-order chi connectivity index (χ1) is 12.8. The van der Waals surface area contributed by atoms with Gasteiger partial charge in [0.05, 0.1) is 12.0 Å². The number of anilines is 2. The van der Waals surface area contributed by atoms with E-state index in [1.807, 2.05) is 23.5 Å². The van der Waals surface area contributed by atoms with Crippen molar-refractivity contribution in [3.63, 3.8) is 0 Å². The number of fused-ring (bicyclic) bond motifs is 3. The minimum absolute atomic E-state index is 0.786. The highest BCUT2D eigenvalue weighted by molar-refractivity contribution is 7.19. The summed E-state index contributed by atoms with van der Waals surface area (Å²) in [5.74, 6) is 1.85. The van der Waals surface area contributed by atoms with Crippen LogP contribution in [-0.2, 0) is 12.8 Å². The van der Waals surface area contributed by atoms with E-state index in [-0.39, 0.29) is 0 Å². The molecule has 2 heterocycles. The van der Waals surface area contributed by atoms with E-state index in [4.69, 9.17) is 4.74 Å². The number of rotatable bonds is 7. The molecule has 1 aliphatic carbocycles. The summed E-state index contributed by atoms with van der Waals surface area (Å²) >= 11 is 1.83. The summed E-state index contributed by atoms with van der Waals surface area (Å²) in [4.78, 5) is 11.6. The fourth-order valence-electron chi connectivity index (χ4n) is 3.50. The Hall–Kier alpha value is -2.14. The number of ether oxygens (including phenoxy) is 1. The number of aryl methyl sites for hydroxylation is 2. The van der Waals surface area contributed by atoms with Crippen molar-refractivity contribution >= 4 is 33.1 Å². The summed E-state index contributed by atoms with van der Waals surface area (Å²) in [6.07, 6.45) is 10.1. The summed E-state index contributed by atoms with van der Waals surface area (Å²) in [5, 5.41) is 4.70. The summed E-state index contributed by atoms with van der Waals surface area (Å²) < 4.78 is 5.79. The molecule has 5 heteroatoms. The number of nitrogens with zero attached hydrogens (tertiary/aromatic N) is 2. The van der Waals surface area contributed by atoms with Crippen molar-refractivity contribution in [3.8, 4) is 5.75 Å². The van der Waals surface area contributed by atoms with Crippen LogP contribution in [0.1, 0.15) is 49.5 Å². The number of aromatic nitrogens is 2. The van der Waals surface area contributed by atoms with Crippen LogP contribution in [0.5, 0.6) is 5.75 Å². The second-order valence-corrected chi connectivity index (χ2v) is 7.90. The molecule has 0 spiro atoms. The molecule has 2 aromatic heterocycles. The van der Waals surface area contributed by atoms with Crippen molar-refractivity contribution in [1.82, 2.24) is 9.97 Å². The first kappa shape index (κ1) is 17.3. The van der Waals surface area contributed by atoms with Crippen LogP contribution in [0, 0.1) is 0 Å². The third-order valence-corrected chi connectivity index (χ3v) is 6.08. The van der Waals surface area contributed by atoms with Crippen molar-refractivity contribution in [2.75, 3.05) is 11.9 Å². The SMILES string of the molecule is CCCCCOc1ccc(Nc2ncnc3sc4c(c23)CCCC4)cc1. The highest BCUT2D eigenvalue weighted by atomic mass is 32.1. The molecule has 136 valence electrons. The molecular formula is C21H25N3OS. The van der Waals surface area contributed by atoms with Gasteiger partial charge in [-0.25, -0.2) is 9.97 Å². The maximum Gasteiger partial charge on any atom is 0.142 e. The Labute approximate surface area is 158 Å². The van der Waals surface area contributed by atoms with Crippen LogP contribution >= 0.6 is 11.3 Å². The monoisotopic (exact) mass is 367 g/mol. The lowest BCUT2D eigenvalue weighted by Crippen LogP contribution is -2.01. The second kappa shape index (κ2) is 8.04. The molecule has 3 aromatic rings. The zero-order valence-electron chi connectivity index (χ0n) is 15.3. The quantitative estimate of drug-likeness (QED) is 0.530. The van der Waals surface area contributed by atoms with Crippen LogP contribution in [0.4, 0.5) is 11.5 Å². The highest BCUT2D eigenvalue weighted by Crippen LogP contribution is 2.38. The molecule has 1 aliphatic rings. The largest absolute Gasteiger partial charge is 0.494 e. The van der Waals surface area contributed by atoms with E-state index < -0.39 is 0 Å². The minimum atomic E-state index is 0.786. The zero-order valence-corrected chi connectivity index (χ0v) is 16.1. The fraction of sp³-hybridized carbons (Fsp3) is 0.429. The highest BCUT2D eigenvalue weighted by Gasteiger charge is 2.19. The third kappa shape index (κ3) is 3.68. The Morgan fingerprint density at radius 2 is 1.92 bits per heavy atom. The lowest BCUT2D eigenvalue weighted by atomic mass is 9.97.